The van der Waals surface area contributed by atoms with Crippen LogP contribution >= 0.6 is 6.72 Å². The summed E-state index contributed by atoms with van der Waals surface area (Å²) in [4.78, 5) is 46.2. The molecule has 4 aromatic heterocycles. The van der Waals surface area contributed by atoms with Gasteiger partial charge in [0.25, 0.3) is 5.56 Å². The van der Waals surface area contributed by atoms with E-state index in [1.807, 2.05) is 4.90 Å². The summed E-state index contributed by atoms with van der Waals surface area (Å²) in [6.45, 7) is 0.109. The van der Waals surface area contributed by atoms with Crippen LogP contribution in [0.2, 0.25) is 0 Å². The first-order chi connectivity index (χ1) is 21.1. The number of hydrogen-bond donors (Lipinski definition) is 3. The summed E-state index contributed by atoms with van der Waals surface area (Å²) in [6.07, 6.45) is 1.56. The van der Waals surface area contributed by atoms with E-state index in [1.54, 1.807) is 14.2 Å². The largest absolute Gasteiger partial charge is 0.384 e. The van der Waals surface area contributed by atoms with Gasteiger partial charge in [0.05, 0.1) is 25.6 Å². The van der Waals surface area contributed by atoms with Crippen LogP contribution in [0.1, 0.15) is 19.1 Å². The number of rotatable bonds is 12. The normalized spacial score (nSPS) is 26.5. The standard InChI is InChI=1S/C24H31FN11O6PS/c1-27-18-21(32-24-33-31-11-36(24)22(18)37)34(2)16-4-12(6-39-3)14(16)8-41-43(38,44)40-7-13-5-15(25)23(42-13)35-10-30-17-19(26)28-9-29-20(17)35/h9-16,23H,1,4-8H2,2-3H3,(H,32,33)(H,38,44)(H2,26,28,29)/t12-,13+,14-,15-,16-,23-,43?/m1/s1. The van der Waals surface area contributed by atoms with Crippen LogP contribution in [0, 0.1) is 11.8 Å². The number of imidazole rings is 1. The Bertz CT molecular complexity index is 1790. The molecule has 1 saturated carbocycles. The summed E-state index contributed by atoms with van der Waals surface area (Å²) in [7, 11) is 3.39. The lowest BCUT2D eigenvalue weighted by Crippen LogP contribution is -2.55. The van der Waals surface area contributed by atoms with Crippen molar-refractivity contribution in [2.24, 2.45) is 16.8 Å². The van der Waals surface area contributed by atoms with E-state index in [0.29, 0.717) is 30.0 Å². The molecule has 1 saturated heterocycles. The minimum Gasteiger partial charge on any atom is -0.384 e. The summed E-state index contributed by atoms with van der Waals surface area (Å²) >= 11 is 5.28. The molecule has 0 amide bonds. The Balaban J connectivity index is 1.09. The minimum absolute atomic E-state index is 0.00101. The molecule has 1 aliphatic heterocycles. The fourth-order valence-corrected chi connectivity index (χ4v) is 6.92. The SMILES string of the molecule is C=Nc1c(N(C)[C@@H]2C[C@H](COC)[C@H]2COP(O)(=S)OC[C@@H]2C[C@@H](F)[C@H](n3cnc4c(N)ncnc43)O2)nc2[nH]ncn2c1=O. The molecule has 17 nitrogen and oxygen atoms in total. The highest BCUT2D eigenvalue weighted by Crippen LogP contribution is 2.49. The number of H-pyrrole nitrogens is 1. The smallest absolute Gasteiger partial charge is 0.324 e. The second-order valence-electron chi connectivity index (χ2n) is 10.6. The highest BCUT2D eigenvalue weighted by molar-refractivity contribution is 8.07. The Morgan fingerprint density at radius 1 is 1.30 bits per heavy atom. The van der Waals surface area contributed by atoms with Gasteiger partial charge in [0.15, 0.2) is 29.2 Å². The topological polar surface area (TPSA) is 205 Å². The van der Waals surface area contributed by atoms with Crippen molar-refractivity contribution in [2.75, 3.05) is 44.6 Å². The summed E-state index contributed by atoms with van der Waals surface area (Å²) in [5.41, 5.74) is 6.19. The first-order valence-electron chi connectivity index (χ1n) is 13.6. The van der Waals surface area contributed by atoms with Crippen LogP contribution in [0.15, 0.2) is 28.8 Å². The highest BCUT2D eigenvalue weighted by Gasteiger charge is 2.45. The molecule has 236 valence electrons. The number of nitrogens with zero attached hydrogens (tertiary/aromatic N) is 9. The first kappa shape index (κ1) is 30.6. The minimum atomic E-state index is -3.74. The molecule has 4 N–H and O–H groups in total. The van der Waals surface area contributed by atoms with Crippen LogP contribution in [0.4, 0.5) is 21.7 Å². The van der Waals surface area contributed by atoms with Crippen molar-refractivity contribution in [2.45, 2.75) is 37.4 Å². The maximum Gasteiger partial charge on any atom is 0.324 e. The Labute approximate surface area is 254 Å². The molecule has 0 bridgehead atoms. The number of nitrogens with two attached hydrogens (primary N) is 1. The number of hydrogen-bond acceptors (Lipinski definition) is 14. The third-order valence-corrected chi connectivity index (χ3v) is 9.65. The molecule has 6 rings (SSSR count). The van der Waals surface area contributed by atoms with Gasteiger partial charge < -0.3 is 34.0 Å². The lowest BCUT2D eigenvalue weighted by molar-refractivity contribution is -0.0355. The molecule has 2 fully saturated rings. The lowest BCUT2D eigenvalue weighted by atomic mass is 9.69. The molecule has 5 heterocycles. The number of anilines is 2. The number of ether oxygens (including phenoxy) is 2. The van der Waals surface area contributed by atoms with Crippen molar-refractivity contribution in [3.05, 3.63) is 29.3 Å². The van der Waals surface area contributed by atoms with E-state index in [0.717, 1.165) is 0 Å². The van der Waals surface area contributed by atoms with Crippen LogP contribution in [0.25, 0.3) is 16.9 Å². The summed E-state index contributed by atoms with van der Waals surface area (Å²) in [6, 6.07) is -0.156. The zero-order valence-corrected chi connectivity index (χ0v) is 25.5. The van der Waals surface area contributed by atoms with Gasteiger partial charge in [-0.25, -0.2) is 28.8 Å². The van der Waals surface area contributed by atoms with Gasteiger partial charge in [-0.1, -0.05) is 0 Å². The molecule has 4 aromatic rings. The van der Waals surface area contributed by atoms with Gasteiger partial charge >= 0.3 is 6.72 Å². The van der Waals surface area contributed by atoms with E-state index in [2.05, 4.69) is 41.8 Å². The molecule has 7 atom stereocenters. The number of aromatic amines is 1. The van der Waals surface area contributed by atoms with E-state index in [4.69, 9.17) is 36.1 Å². The summed E-state index contributed by atoms with van der Waals surface area (Å²) in [5, 5.41) is 6.56. The molecule has 20 heteroatoms. The Morgan fingerprint density at radius 2 is 2.09 bits per heavy atom. The maximum atomic E-state index is 15.0. The quantitative estimate of drug-likeness (QED) is 0.145. The molecule has 1 unspecified atom stereocenters. The van der Waals surface area contributed by atoms with Gasteiger partial charge in [-0.3, -0.25) is 14.4 Å². The number of nitrogens with one attached hydrogen (secondary N) is 1. The van der Waals surface area contributed by atoms with Crippen molar-refractivity contribution in [1.82, 2.24) is 39.1 Å². The van der Waals surface area contributed by atoms with Gasteiger partial charge in [0, 0.05) is 39.1 Å². The number of nitrogen functional groups attached to an aromatic ring is 1. The van der Waals surface area contributed by atoms with Crippen molar-refractivity contribution < 1.29 is 27.8 Å². The molecule has 0 spiro atoms. The zero-order valence-electron chi connectivity index (χ0n) is 23.8. The zero-order chi connectivity index (χ0) is 31.2. The van der Waals surface area contributed by atoms with Crippen LogP contribution in [-0.4, -0.2) is 103 Å². The molecular formula is C24H31FN11O6PS. The predicted molar refractivity (Wildman–Crippen MR) is 160 cm³/mol. The Hall–Kier alpha value is -3.45. The van der Waals surface area contributed by atoms with Crippen LogP contribution in [0.5, 0.6) is 0 Å². The molecule has 44 heavy (non-hydrogen) atoms. The molecule has 0 radical (unpaired) electrons. The van der Waals surface area contributed by atoms with E-state index >= 15 is 4.39 Å². The Morgan fingerprint density at radius 3 is 2.86 bits per heavy atom. The number of halogens is 1. The van der Waals surface area contributed by atoms with Crippen molar-refractivity contribution in [3.63, 3.8) is 0 Å². The second-order valence-corrected chi connectivity index (χ2v) is 13.5. The average Bonchev–Trinajstić information content (AvgIpc) is 3.72. The third-order valence-electron chi connectivity index (χ3n) is 8.07. The van der Waals surface area contributed by atoms with Gasteiger partial charge in [-0.05, 0) is 30.9 Å². The monoisotopic (exact) mass is 651 g/mol. The van der Waals surface area contributed by atoms with E-state index in [9.17, 15) is 9.69 Å². The van der Waals surface area contributed by atoms with Crippen LogP contribution < -0.4 is 16.2 Å². The summed E-state index contributed by atoms with van der Waals surface area (Å²) < 4.78 is 40.3. The van der Waals surface area contributed by atoms with Crippen molar-refractivity contribution >= 4 is 59.5 Å². The van der Waals surface area contributed by atoms with Crippen molar-refractivity contribution in [1.29, 1.82) is 0 Å². The van der Waals surface area contributed by atoms with E-state index in [-0.39, 0.29) is 54.8 Å². The highest BCUT2D eigenvalue weighted by atomic mass is 32.5. The average molecular weight is 652 g/mol. The number of aromatic nitrogens is 8. The maximum absolute atomic E-state index is 15.0. The molecule has 2 aliphatic rings. The number of methoxy groups -OCH3 is 1. The Kier molecular flexibility index (Phi) is 8.44. The molecular weight excluding hydrogens is 620 g/mol. The van der Waals surface area contributed by atoms with Crippen LogP contribution in [-0.2, 0) is 30.3 Å². The number of alkyl halides is 1. The molecule has 1 aliphatic carbocycles. The lowest BCUT2D eigenvalue weighted by Gasteiger charge is -2.49. The molecule has 0 aromatic carbocycles. The predicted octanol–water partition coefficient (Wildman–Crippen LogP) is 1.13. The second kappa shape index (κ2) is 12.2. The number of fused-ring (bicyclic) bond motifs is 2. The van der Waals surface area contributed by atoms with Gasteiger partial charge in [-0.15, -0.1) is 0 Å². The summed E-state index contributed by atoms with van der Waals surface area (Å²) in [5.74, 6) is 0.676. The van der Waals surface area contributed by atoms with Gasteiger partial charge in [0.1, 0.15) is 24.3 Å². The first-order valence-corrected chi connectivity index (χ1v) is 16.2. The van der Waals surface area contributed by atoms with E-state index < -0.39 is 30.8 Å². The van der Waals surface area contributed by atoms with Gasteiger partial charge in [-0.2, -0.15) is 10.1 Å². The van der Waals surface area contributed by atoms with Crippen LogP contribution in [0.3, 0.4) is 0 Å². The van der Waals surface area contributed by atoms with Crippen molar-refractivity contribution in [3.8, 4) is 0 Å². The number of aliphatic imine (C=N–C) groups is 1. The third kappa shape index (κ3) is 5.60. The fraction of sp³-hybridized carbons (Fsp3) is 0.542. The fourth-order valence-electron chi connectivity index (χ4n) is 5.76. The van der Waals surface area contributed by atoms with Gasteiger partial charge in [0.2, 0.25) is 5.78 Å². The van der Waals surface area contributed by atoms with E-state index in [1.165, 1.54) is 27.9 Å².